The molecule has 5 heteroatoms. The Kier molecular flexibility index (Phi) is 4.19. The first kappa shape index (κ1) is 13.6. The van der Waals surface area contributed by atoms with Crippen LogP contribution in [0.15, 0.2) is 54.6 Å². The second kappa shape index (κ2) is 5.86. The fraction of sp³-hybridized carbons (Fsp3) is 0.143. The van der Waals surface area contributed by atoms with Gasteiger partial charge in [-0.15, -0.1) is 0 Å². The van der Waals surface area contributed by atoms with Gasteiger partial charge in [-0.25, -0.2) is 13.6 Å². The Balaban J connectivity index is 2.18. The molecule has 0 radical (unpaired) electrons. The van der Waals surface area contributed by atoms with Gasteiger partial charge >= 0.3 is 0 Å². The summed E-state index contributed by atoms with van der Waals surface area (Å²) in [6.45, 7) is 0.0443. The second-order valence-electron chi connectivity index (χ2n) is 4.08. The summed E-state index contributed by atoms with van der Waals surface area (Å²) in [4.78, 5) is 0. The number of sulfonamides is 1. The topological polar surface area (TPSA) is 69.4 Å². The van der Waals surface area contributed by atoms with E-state index >= 15 is 0 Å². The lowest BCUT2D eigenvalue weighted by Gasteiger charge is -2.11. The van der Waals surface area contributed by atoms with Crippen molar-refractivity contribution in [2.75, 3.05) is 12.4 Å². The molecular formula is C14H15NO3S. The van der Waals surface area contributed by atoms with Gasteiger partial charge in [0.1, 0.15) is 12.4 Å². The van der Waals surface area contributed by atoms with Crippen molar-refractivity contribution in [2.24, 2.45) is 5.14 Å². The normalized spacial score (nSPS) is 11.2. The van der Waals surface area contributed by atoms with E-state index in [4.69, 9.17) is 9.88 Å². The van der Waals surface area contributed by atoms with Crippen LogP contribution >= 0.6 is 0 Å². The van der Waals surface area contributed by atoms with Gasteiger partial charge in [-0.05, 0) is 11.6 Å². The summed E-state index contributed by atoms with van der Waals surface area (Å²) in [5, 5.41) is 4.94. The van der Waals surface area contributed by atoms with Gasteiger partial charge in [-0.1, -0.05) is 48.5 Å². The van der Waals surface area contributed by atoms with Crippen molar-refractivity contribution < 1.29 is 13.2 Å². The standard InChI is InChI=1S/C14H15NO3S/c15-19(16,17)11-10-18-14-9-5-4-8-13(14)12-6-2-1-3-7-12/h1-9H,10-11H2,(H2,15,16,17). The first-order valence-corrected chi connectivity index (χ1v) is 7.55. The summed E-state index contributed by atoms with van der Waals surface area (Å²) in [6, 6.07) is 17.3. The molecule has 0 unspecified atom stereocenters. The largest absolute Gasteiger partial charge is 0.492 e. The summed E-state index contributed by atoms with van der Waals surface area (Å²) in [6.07, 6.45) is 0. The molecule has 0 spiro atoms. The van der Waals surface area contributed by atoms with Gasteiger partial charge in [0.05, 0.1) is 5.75 Å². The minimum atomic E-state index is -3.50. The summed E-state index contributed by atoms with van der Waals surface area (Å²) in [5.41, 5.74) is 1.95. The third kappa shape index (κ3) is 4.08. The predicted molar refractivity (Wildman–Crippen MR) is 75.3 cm³/mol. The highest BCUT2D eigenvalue weighted by atomic mass is 32.2. The molecule has 0 amide bonds. The molecule has 0 fully saturated rings. The zero-order chi connectivity index (χ0) is 13.7. The molecule has 2 N–H and O–H groups in total. The Morgan fingerprint density at radius 2 is 1.58 bits per heavy atom. The fourth-order valence-electron chi connectivity index (χ4n) is 1.72. The molecule has 0 aliphatic heterocycles. The van der Waals surface area contributed by atoms with Crippen LogP contribution < -0.4 is 9.88 Å². The van der Waals surface area contributed by atoms with Crippen molar-refractivity contribution in [3.63, 3.8) is 0 Å². The predicted octanol–water partition coefficient (Wildman–Crippen LogP) is 2.02. The first-order valence-electron chi connectivity index (χ1n) is 5.84. The van der Waals surface area contributed by atoms with Gasteiger partial charge in [0, 0.05) is 5.56 Å². The maximum absolute atomic E-state index is 10.9. The number of para-hydroxylation sites is 1. The fourth-order valence-corrected chi connectivity index (χ4v) is 2.03. The molecule has 0 saturated carbocycles. The Hall–Kier alpha value is -1.85. The minimum absolute atomic E-state index is 0.0443. The summed E-state index contributed by atoms with van der Waals surface area (Å²) >= 11 is 0. The van der Waals surface area contributed by atoms with Crippen molar-refractivity contribution in [3.8, 4) is 16.9 Å². The molecule has 2 rings (SSSR count). The van der Waals surface area contributed by atoms with E-state index in [0.29, 0.717) is 5.75 Å². The van der Waals surface area contributed by atoms with Crippen molar-refractivity contribution in [1.29, 1.82) is 0 Å². The Labute approximate surface area is 112 Å². The van der Waals surface area contributed by atoms with Gasteiger partial charge in [0.15, 0.2) is 0 Å². The van der Waals surface area contributed by atoms with Crippen LogP contribution in [-0.2, 0) is 10.0 Å². The van der Waals surface area contributed by atoms with Crippen molar-refractivity contribution in [3.05, 3.63) is 54.6 Å². The Morgan fingerprint density at radius 3 is 2.26 bits per heavy atom. The van der Waals surface area contributed by atoms with Gasteiger partial charge < -0.3 is 4.74 Å². The van der Waals surface area contributed by atoms with Crippen molar-refractivity contribution in [2.45, 2.75) is 0 Å². The number of ether oxygens (including phenoxy) is 1. The molecule has 19 heavy (non-hydrogen) atoms. The van der Waals surface area contributed by atoms with Crippen LogP contribution in [0.2, 0.25) is 0 Å². The van der Waals surface area contributed by atoms with Crippen LogP contribution in [-0.4, -0.2) is 20.8 Å². The quantitative estimate of drug-likeness (QED) is 0.909. The first-order chi connectivity index (χ1) is 9.06. The number of primary sulfonamides is 1. The van der Waals surface area contributed by atoms with Crippen LogP contribution in [0, 0.1) is 0 Å². The molecular weight excluding hydrogens is 262 g/mol. The Bertz CT molecular complexity index is 639. The molecule has 4 nitrogen and oxygen atoms in total. The number of hydrogen-bond donors (Lipinski definition) is 1. The van der Waals surface area contributed by atoms with Gasteiger partial charge in [0.25, 0.3) is 0 Å². The van der Waals surface area contributed by atoms with Gasteiger partial charge in [-0.2, -0.15) is 0 Å². The molecule has 2 aromatic carbocycles. The highest BCUT2D eigenvalue weighted by Gasteiger charge is 2.07. The monoisotopic (exact) mass is 277 g/mol. The van der Waals surface area contributed by atoms with E-state index in [9.17, 15) is 8.42 Å². The zero-order valence-electron chi connectivity index (χ0n) is 10.3. The van der Waals surface area contributed by atoms with Crippen LogP contribution in [0.4, 0.5) is 0 Å². The summed E-state index contributed by atoms with van der Waals surface area (Å²) in [7, 11) is -3.50. The number of nitrogens with two attached hydrogens (primary N) is 1. The second-order valence-corrected chi connectivity index (χ2v) is 5.81. The van der Waals surface area contributed by atoms with E-state index in [2.05, 4.69) is 0 Å². The number of rotatable bonds is 5. The van der Waals surface area contributed by atoms with E-state index in [-0.39, 0.29) is 12.4 Å². The Morgan fingerprint density at radius 1 is 0.947 bits per heavy atom. The molecule has 0 saturated heterocycles. The lowest BCUT2D eigenvalue weighted by Crippen LogP contribution is -2.21. The highest BCUT2D eigenvalue weighted by molar-refractivity contribution is 7.89. The zero-order valence-corrected chi connectivity index (χ0v) is 11.1. The minimum Gasteiger partial charge on any atom is -0.492 e. The molecule has 2 aromatic rings. The van der Waals surface area contributed by atoms with Crippen molar-refractivity contribution in [1.82, 2.24) is 0 Å². The lowest BCUT2D eigenvalue weighted by molar-refractivity contribution is 0.342. The van der Waals surface area contributed by atoms with E-state index in [1.807, 2.05) is 54.6 Å². The number of benzene rings is 2. The van der Waals surface area contributed by atoms with Gasteiger partial charge in [-0.3, -0.25) is 0 Å². The average molecular weight is 277 g/mol. The van der Waals surface area contributed by atoms with Crippen LogP contribution in [0.3, 0.4) is 0 Å². The van der Waals surface area contributed by atoms with Crippen molar-refractivity contribution >= 4 is 10.0 Å². The lowest BCUT2D eigenvalue weighted by atomic mass is 10.1. The van der Waals surface area contributed by atoms with E-state index in [1.54, 1.807) is 0 Å². The summed E-state index contributed by atoms with van der Waals surface area (Å²) in [5.74, 6) is 0.452. The molecule has 0 atom stereocenters. The molecule has 0 aliphatic carbocycles. The average Bonchev–Trinajstić information content (AvgIpc) is 2.39. The highest BCUT2D eigenvalue weighted by Crippen LogP contribution is 2.29. The smallest absolute Gasteiger partial charge is 0.212 e. The SMILES string of the molecule is NS(=O)(=O)CCOc1ccccc1-c1ccccc1. The maximum atomic E-state index is 10.9. The molecule has 0 bridgehead atoms. The molecule has 100 valence electrons. The molecule has 0 aromatic heterocycles. The van der Waals surface area contributed by atoms with Crippen LogP contribution in [0.5, 0.6) is 5.75 Å². The van der Waals surface area contributed by atoms with E-state index in [1.165, 1.54) is 0 Å². The third-order valence-corrected chi connectivity index (χ3v) is 3.33. The molecule has 0 aliphatic rings. The number of hydrogen-bond acceptors (Lipinski definition) is 3. The maximum Gasteiger partial charge on any atom is 0.212 e. The molecule has 0 heterocycles. The third-order valence-electron chi connectivity index (χ3n) is 2.60. The van der Waals surface area contributed by atoms with Crippen LogP contribution in [0.1, 0.15) is 0 Å². The van der Waals surface area contributed by atoms with E-state index in [0.717, 1.165) is 11.1 Å². The van der Waals surface area contributed by atoms with E-state index < -0.39 is 10.0 Å². The summed E-state index contributed by atoms with van der Waals surface area (Å²) < 4.78 is 27.3. The van der Waals surface area contributed by atoms with Crippen LogP contribution in [0.25, 0.3) is 11.1 Å². The van der Waals surface area contributed by atoms with Gasteiger partial charge in [0.2, 0.25) is 10.0 Å².